The molecule has 170 valence electrons. The number of benzene rings is 3. The number of nitrogens with zero attached hydrogens (tertiary/aromatic N) is 6. The normalized spacial score (nSPS) is 11.3. The summed E-state index contributed by atoms with van der Waals surface area (Å²) < 4.78 is 16.8. The molecule has 0 spiro atoms. The van der Waals surface area contributed by atoms with Gasteiger partial charge in [-0.3, -0.25) is 9.36 Å². The molecule has 0 aliphatic heterocycles. The maximum atomic E-state index is 13.8. The molecule has 0 aliphatic carbocycles. The first-order valence-corrected chi connectivity index (χ1v) is 11.9. The molecule has 2 aromatic heterocycles. The summed E-state index contributed by atoms with van der Waals surface area (Å²) in [6, 6.07) is 16.2. The second-order valence-electron chi connectivity index (χ2n) is 7.05. The van der Waals surface area contributed by atoms with Crippen LogP contribution in [0.25, 0.3) is 28.0 Å². The molecule has 0 fully saturated rings. The Morgan fingerprint density at radius 1 is 0.912 bits per heavy atom. The summed E-state index contributed by atoms with van der Waals surface area (Å²) >= 11 is 19.7. The van der Waals surface area contributed by atoms with Crippen LogP contribution in [0.15, 0.2) is 70.6 Å². The molecule has 0 saturated carbocycles. The number of halogens is 4. The molecule has 34 heavy (non-hydrogen) atoms. The highest BCUT2D eigenvalue weighted by Gasteiger charge is 2.20. The molecule has 0 bridgehead atoms. The van der Waals surface area contributed by atoms with E-state index >= 15 is 0 Å². The summed E-state index contributed by atoms with van der Waals surface area (Å²) in [6.07, 6.45) is 0. The molecule has 3 aromatic carbocycles. The second kappa shape index (κ2) is 9.34. The van der Waals surface area contributed by atoms with Gasteiger partial charge in [0.2, 0.25) is 0 Å². The van der Waals surface area contributed by atoms with E-state index in [1.165, 1.54) is 28.6 Å². The Morgan fingerprint density at radius 3 is 2.53 bits per heavy atom. The van der Waals surface area contributed by atoms with E-state index in [-0.39, 0.29) is 16.5 Å². The van der Waals surface area contributed by atoms with Crippen molar-refractivity contribution in [2.75, 3.05) is 0 Å². The van der Waals surface area contributed by atoms with Crippen LogP contribution in [0.5, 0.6) is 0 Å². The highest BCUT2D eigenvalue weighted by atomic mass is 35.5. The number of hydrogen-bond acceptors (Lipinski definition) is 6. The lowest BCUT2D eigenvalue weighted by Gasteiger charge is -2.12. The van der Waals surface area contributed by atoms with Crippen molar-refractivity contribution in [3.8, 4) is 17.1 Å². The SMILES string of the molecule is O=c1c2ccccc2nnn1CSc1nnc(-c2ccc(Cl)cc2Cl)n1-c1ccc(F)c(Cl)c1. The van der Waals surface area contributed by atoms with Crippen molar-refractivity contribution >= 4 is 57.5 Å². The summed E-state index contributed by atoms with van der Waals surface area (Å²) in [5.74, 6) is -0.0570. The monoisotopic (exact) mass is 532 g/mol. The van der Waals surface area contributed by atoms with Gasteiger partial charge in [0.1, 0.15) is 11.3 Å². The number of rotatable bonds is 5. The van der Waals surface area contributed by atoms with Gasteiger partial charge in [0.15, 0.2) is 11.0 Å². The van der Waals surface area contributed by atoms with Crippen molar-refractivity contribution in [3.05, 3.63) is 91.9 Å². The summed E-state index contributed by atoms with van der Waals surface area (Å²) in [7, 11) is 0. The highest BCUT2D eigenvalue weighted by Crippen LogP contribution is 2.34. The lowest BCUT2D eigenvalue weighted by atomic mass is 10.2. The Morgan fingerprint density at radius 2 is 1.74 bits per heavy atom. The summed E-state index contributed by atoms with van der Waals surface area (Å²) in [6.45, 7) is 0. The van der Waals surface area contributed by atoms with Crippen molar-refractivity contribution < 1.29 is 4.39 Å². The van der Waals surface area contributed by atoms with Crippen molar-refractivity contribution in [1.29, 1.82) is 0 Å². The van der Waals surface area contributed by atoms with Gasteiger partial charge in [-0.05, 0) is 48.5 Å². The van der Waals surface area contributed by atoms with E-state index in [4.69, 9.17) is 34.8 Å². The topological polar surface area (TPSA) is 78.5 Å². The van der Waals surface area contributed by atoms with E-state index in [1.54, 1.807) is 53.1 Å². The third-order valence-electron chi connectivity index (χ3n) is 4.91. The first kappa shape index (κ1) is 22.8. The molecule has 5 rings (SSSR count). The average molecular weight is 534 g/mol. The van der Waals surface area contributed by atoms with Crippen molar-refractivity contribution in [3.63, 3.8) is 0 Å². The molecule has 0 unspecified atom stereocenters. The third kappa shape index (κ3) is 4.27. The van der Waals surface area contributed by atoms with E-state index in [1.807, 2.05) is 0 Å². The van der Waals surface area contributed by atoms with E-state index in [2.05, 4.69) is 20.5 Å². The minimum Gasteiger partial charge on any atom is -0.270 e. The Kier molecular flexibility index (Phi) is 6.26. The van der Waals surface area contributed by atoms with Crippen LogP contribution in [-0.4, -0.2) is 29.8 Å². The summed E-state index contributed by atoms with van der Waals surface area (Å²) in [5, 5.41) is 18.3. The van der Waals surface area contributed by atoms with E-state index in [0.29, 0.717) is 43.2 Å². The lowest BCUT2D eigenvalue weighted by Crippen LogP contribution is -2.23. The number of hydrogen-bond donors (Lipinski definition) is 0. The van der Waals surface area contributed by atoms with E-state index in [9.17, 15) is 9.18 Å². The van der Waals surface area contributed by atoms with Crippen molar-refractivity contribution in [2.45, 2.75) is 11.0 Å². The van der Waals surface area contributed by atoms with Crippen LogP contribution < -0.4 is 5.56 Å². The van der Waals surface area contributed by atoms with Gasteiger partial charge >= 0.3 is 0 Å². The molecule has 0 amide bonds. The zero-order chi connectivity index (χ0) is 23.8. The fourth-order valence-corrected chi connectivity index (χ4v) is 4.79. The maximum Gasteiger partial charge on any atom is 0.278 e. The Bertz CT molecular complexity index is 1610. The number of thioether (sulfide) groups is 1. The van der Waals surface area contributed by atoms with Gasteiger partial charge in [-0.25, -0.2) is 4.39 Å². The molecule has 0 saturated heterocycles. The molecular formula is C22H12Cl3FN6OS. The minimum absolute atomic E-state index is 0.0630. The van der Waals surface area contributed by atoms with Crippen LogP contribution in [0.4, 0.5) is 4.39 Å². The van der Waals surface area contributed by atoms with Gasteiger partial charge in [0.25, 0.3) is 5.56 Å². The first-order valence-electron chi connectivity index (χ1n) is 9.74. The van der Waals surface area contributed by atoms with E-state index in [0.717, 1.165) is 0 Å². The molecule has 5 aromatic rings. The average Bonchev–Trinajstić information content (AvgIpc) is 3.24. The lowest BCUT2D eigenvalue weighted by molar-refractivity contribution is 0.627. The molecule has 0 radical (unpaired) electrons. The van der Waals surface area contributed by atoms with Crippen molar-refractivity contribution in [1.82, 2.24) is 29.8 Å². The molecule has 12 heteroatoms. The van der Waals surface area contributed by atoms with Crippen LogP contribution in [0, 0.1) is 5.82 Å². The maximum absolute atomic E-state index is 13.8. The fraction of sp³-hybridized carbons (Fsp3) is 0.0455. The zero-order valence-electron chi connectivity index (χ0n) is 17.0. The van der Waals surface area contributed by atoms with Crippen LogP contribution in [0.3, 0.4) is 0 Å². The van der Waals surface area contributed by atoms with Gasteiger partial charge in [-0.1, -0.05) is 63.9 Å². The Labute approximate surface area is 211 Å². The highest BCUT2D eigenvalue weighted by molar-refractivity contribution is 7.98. The number of aromatic nitrogens is 6. The fourth-order valence-electron chi connectivity index (χ4n) is 3.29. The molecule has 0 atom stereocenters. The molecule has 0 N–H and O–H groups in total. The van der Waals surface area contributed by atoms with Gasteiger partial charge in [0, 0.05) is 10.6 Å². The van der Waals surface area contributed by atoms with Gasteiger partial charge in [-0.15, -0.1) is 15.3 Å². The predicted octanol–water partition coefficient (Wildman–Crippen LogP) is 5.89. The van der Waals surface area contributed by atoms with Crippen LogP contribution in [-0.2, 0) is 5.88 Å². The van der Waals surface area contributed by atoms with Crippen molar-refractivity contribution in [2.24, 2.45) is 0 Å². The second-order valence-corrected chi connectivity index (χ2v) is 9.21. The first-order chi connectivity index (χ1) is 16.4. The summed E-state index contributed by atoms with van der Waals surface area (Å²) in [5.41, 5.74) is 1.30. The van der Waals surface area contributed by atoms with Gasteiger partial charge in [-0.2, -0.15) is 4.68 Å². The van der Waals surface area contributed by atoms with Crippen LogP contribution >= 0.6 is 46.6 Å². The number of fused-ring (bicyclic) bond motifs is 1. The van der Waals surface area contributed by atoms with Crippen LogP contribution in [0.1, 0.15) is 0 Å². The Hall–Kier alpha value is -2.98. The third-order valence-corrected chi connectivity index (χ3v) is 6.65. The largest absolute Gasteiger partial charge is 0.278 e. The zero-order valence-corrected chi connectivity index (χ0v) is 20.1. The standard InChI is InChI=1S/C22H12Cl3FN6OS/c23-12-5-7-14(16(24)9-12)20-28-29-22(32(20)13-6-8-18(26)17(25)10-13)34-11-31-21(33)15-3-1-2-4-19(15)27-30-31/h1-10H,11H2. The van der Waals surface area contributed by atoms with Crippen LogP contribution in [0.2, 0.25) is 15.1 Å². The molecule has 2 heterocycles. The Balaban J connectivity index is 1.58. The molecular weight excluding hydrogens is 522 g/mol. The van der Waals surface area contributed by atoms with E-state index < -0.39 is 5.82 Å². The molecule has 7 nitrogen and oxygen atoms in total. The quantitative estimate of drug-likeness (QED) is 0.262. The molecule has 0 aliphatic rings. The van der Waals surface area contributed by atoms with Gasteiger partial charge < -0.3 is 0 Å². The smallest absolute Gasteiger partial charge is 0.270 e. The summed E-state index contributed by atoms with van der Waals surface area (Å²) in [4.78, 5) is 12.8. The predicted molar refractivity (Wildman–Crippen MR) is 131 cm³/mol. The van der Waals surface area contributed by atoms with Gasteiger partial charge in [0.05, 0.1) is 27.0 Å². The minimum atomic E-state index is -0.559.